The maximum atomic E-state index is 14.1. The third-order valence-corrected chi connectivity index (χ3v) is 4.84. The summed E-state index contributed by atoms with van der Waals surface area (Å²) in [5.74, 6) is -0.467. The van der Waals surface area contributed by atoms with E-state index >= 15 is 0 Å². The molecule has 1 saturated heterocycles. The van der Waals surface area contributed by atoms with Gasteiger partial charge in [0, 0.05) is 5.46 Å². The molecule has 6 heteroatoms. The standard InChI is InChI=1S/C13H16BCl2FO2/c1-7-6-8(17)9(11(16)10(7)15)14-18-12(2,3)13(4,5)19-14/h6H,1-5H3. The molecule has 19 heavy (non-hydrogen) atoms. The van der Waals surface area contributed by atoms with Crippen LogP contribution in [0.3, 0.4) is 0 Å². The van der Waals surface area contributed by atoms with Crippen LogP contribution in [0.4, 0.5) is 4.39 Å². The summed E-state index contributed by atoms with van der Waals surface area (Å²) in [6, 6.07) is 1.34. The van der Waals surface area contributed by atoms with Gasteiger partial charge in [0.25, 0.3) is 0 Å². The zero-order chi connectivity index (χ0) is 14.6. The first-order chi connectivity index (χ1) is 8.57. The van der Waals surface area contributed by atoms with E-state index in [2.05, 4.69) is 0 Å². The Balaban J connectivity index is 2.49. The molecule has 1 aliphatic rings. The highest BCUT2D eigenvalue weighted by atomic mass is 35.5. The van der Waals surface area contributed by atoms with E-state index in [0.717, 1.165) is 0 Å². The van der Waals surface area contributed by atoms with E-state index in [9.17, 15) is 4.39 Å². The molecule has 0 N–H and O–H groups in total. The van der Waals surface area contributed by atoms with Gasteiger partial charge in [-0.15, -0.1) is 0 Å². The molecule has 2 rings (SSSR count). The van der Waals surface area contributed by atoms with E-state index < -0.39 is 24.1 Å². The Morgan fingerprint density at radius 3 is 2.00 bits per heavy atom. The van der Waals surface area contributed by atoms with Crippen LogP contribution in [0.15, 0.2) is 6.07 Å². The molecule has 0 saturated carbocycles. The molecule has 0 bridgehead atoms. The van der Waals surface area contributed by atoms with E-state index in [4.69, 9.17) is 32.5 Å². The molecule has 2 nitrogen and oxygen atoms in total. The van der Waals surface area contributed by atoms with Crippen LogP contribution in [0.2, 0.25) is 10.0 Å². The summed E-state index contributed by atoms with van der Waals surface area (Å²) in [6.07, 6.45) is 0. The largest absolute Gasteiger partial charge is 0.499 e. The minimum Gasteiger partial charge on any atom is -0.399 e. The van der Waals surface area contributed by atoms with Gasteiger partial charge in [-0.1, -0.05) is 23.2 Å². The normalized spacial score (nSPS) is 20.9. The first-order valence-electron chi connectivity index (χ1n) is 6.06. The van der Waals surface area contributed by atoms with Crippen molar-refractivity contribution in [1.29, 1.82) is 0 Å². The Hall–Kier alpha value is -0.285. The Morgan fingerprint density at radius 2 is 1.53 bits per heavy atom. The number of benzene rings is 1. The Bertz CT molecular complexity index is 516. The van der Waals surface area contributed by atoms with Crippen molar-refractivity contribution in [2.75, 3.05) is 0 Å². The third-order valence-electron chi connectivity index (χ3n) is 3.86. The summed E-state index contributed by atoms with van der Waals surface area (Å²) in [5.41, 5.74) is -0.351. The number of hydrogen-bond donors (Lipinski definition) is 0. The summed E-state index contributed by atoms with van der Waals surface area (Å²) in [4.78, 5) is 0. The highest BCUT2D eigenvalue weighted by molar-refractivity contribution is 6.66. The molecule has 1 fully saturated rings. The van der Waals surface area contributed by atoms with Gasteiger partial charge in [0.2, 0.25) is 0 Å². The highest BCUT2D eigenvalue weighted by Crippen LogP contribution is 2.38. The van der Waals surface area contributed by atoms with Crippen LogP contribution >= 0.6 is 23.2 Å². The van der Waals surface area contributed by atoms with Gasteiger partial charge in [-0.25, -0.2) is 4.39 Å². The fourth-order valence-electron chi connectivity index (χ4n) is 1.90. The Morgan fingerprint density at radius 1 is 1.05 bits per heavy atom. The molecule has 1 heterocycles. The molecule has 0 unspecified atom stereocenters. The molecule has 0 aliphatic carbocycles. The highest BCUT2D eigenvalue weighted by Gasteiger charge is 2.53. The molecule has 104 valence electrons. The first-order valence-corrected chi connectivity index (χ1v) is 6.82. The molecule has 1 aliphatic heterocycles. The molecule has 0 atom stereocenters. The van der Waals surface area contributed by atoms with Crippen molar-refractivity contribution in [1.82, 2.24) is 0 Å². The summed E-state index contributed by atoms with van der Waals surface area (Å²) in [6.45, 7) is 9.29. The van der Waals surface area contributed by atoms with Crippen LogP contribution in [0.1, 0.15) is 33.3 Å². The van der Waals surface area contributed by atoms with Crippen LogP contribution in [0.25, 0.3) is 0 Å². The zero-order valence-corrected chi connectivity index (χ0v) is 13.1. The molecular weight excluding hydrogens is 289 g/mol. The fraction of sp³-hybridized carbons (Fsp3) is 0.538. The minimum atomic E-state index is -0.851. The monoisotopic (exact) mass is 304 g/mol. The number of aryl methyl sites for hydroxylation is 1. The van der Waals surface area contributed by atoms with Crippen molar-refractivity contribution in [2.24, 2.45) is 0 Å². The molecule has 0 amide bonds. The second-order valence-corrected chi connectivity index (χ2v) is 6.56. The van der Waals surface area contributed by atoms with Crippen molar-refractivity contribution >= 4 is 35.8 Å². The summed E-state index contributed by atoms with van der Waals surface area (Å²) < 4.78 is 25.7. The van der Waals surface area contributed by atoms with E-state index in [1.165, 1.54) is 6.07 Å². The average Bonchev–Trinajstić information content (AvgIpc) is 2.44. The van der Waals surface area contributed by atoms with Gasteiger partial charge >= 0.3 is 7.12 Å². The lowest BCUT2D eigenvalue weighted by molar-refractivity contribution is 0.00578. The number of halogens is 3. The van der Waals surface area contributed by atoms with Gasteiger partial charge < -0.3 is 9.31 Å². The SMILES string of the molecule is Cc1cc(F)c(B2OC(C)(C)C(C)(C)O2)c(Cl)c1Cl. The maximum absolute atomic E-state index is 14.1. The van der Waals surface area contributed by atoms with Crippen molar-refractivity contribution in [3.63, 3.8) is 0 Å². The van der Waals surface area contributed by atoms with Crippen LogP contribution in [0, 0.1) is 12.7 Å². The molecular formula is C13H16BCl2FO2. The Kier molecular flexibility index (Phi) is 3.68. The lowest BCUT2D eigenvalue weighted by Crippen LogP contribution is -2.41. The first kappa shape index (κ1) is 15.1. The predicted molar refractivity (Wildman–Crippen MR) is 76.9 cm³/mol. The van der Waals surface area contributed by atoms with Gasteiger partial charge in [-0.05, 0) is 46.2 Å². The molecule has 0 spiro atoms. The third kappa shape index (κ3) is 2.40. The van der Waals surface area contributed by atoms with Crippen molar-refractivity contribution in [3.8, 4) is 0 Å². The van der Waals surface area contributed by atoms with E-state index in [1.807, 2.05) is 27.7 Å². The number of rotatable bonds is 1. The van der Waals surface area contributed by atoms with Gasteiger partial charge in [0.05, 0.1) is 21.2 Å². The number of hydrogen-bond acceptors (Lipinski definition) is 2. The van der Waals surface area contributed by atoms with Gasteiger partial charge in [-0.3, -0.25) is 0 Å². The van der Waals surface area contributed by atoms with E-state index in [0.29, 0.717) is 10.6 Å². The molecule has 1 aromatic carbocycles. The van der Waals surface area contributed by atoms with Crippen LogP contribution in [0.5, 0.6) is 0 Å². The van der Waals surface area contributed by atoms with Crippen LogP contribution in [-0.4, -0.2) is 18.3 Å². The van der Waals surface area contributed by atoms with Crippen molar-refractivity contribution in [3.05, 3.63) is 27.5 Å². The molecule has 0 radical (unpaired) electrons. The van der Waals surface area contributed by atoms with Crippen LogP contribution in [-0.2, 0) is 9.31 Å². The van der Waals surface area contributed by atoms with E-state index in [1.54, 1.807) is 6.92 Å². The fourth-order valence-corrected chi connectivity index (χ4v) is 2.39. The lowest BCUT2D eigenvalue weighted by atomic mass is 9.78. The Labute approximate surface area is 123 Å². The average molecular weight is 305 g/mol. The second kappa shape index (κ2) is 4.62. The zero-order valence-electron chi connectivity index (χ0n) is 11.6. The van der Waals surface area contributed by atoms with Crippen molar-refractivity contribution in [2.45, 2.75) is 45.8 Å². The summed E-state index contributed by atoms with van der Waals surface area (Å²) in [5, 5.41) is 0.477. The minimum absolute atomic E-state index is 0.151. The summed E-state index contributed by atoms with van der Waals surface area (Å²) >= 11 is 12.2. The van der Waals surface area contributed by atoms with Gasteiger partial charge in [0.15, 0.2) is 0 Å². The van der Waals surface area contributed by atoms with Gasteiger partial charge in [-0.2, -0.15) is 0 Å². The lowest BCUT2D eigenvalue weighted by Gasteiger charge is -2.32. The smallest absolute Gasteiger partial charge is 0.399 e. The predicted octanol–water partition coefficient (Wildman–Crippen LogP) is 3.74. The second-order valence-electron chi connectivity index (χ2n) is 5.81. The summed E-state index contributed by atoms with van der Waals surface area (Å²) in [7, 11) is -0.851. The molecule has 0 aromatic heterocycles. The van der Waals surface area contributed by atoms with E-state index in [-0.39, 0.29) is 10.5 Å². The topological polar surface area (TPSA) is 18.5 Å². The quantitative estimate of drug-likeness (QED) is 0.581. The van der Waals surface area contributed by atoms with Crippen molar-refractivity contribution < 1.29 is 13.7 Å². The van der Waals surface area contributed by atoms with Crippen LogP contribution < -0.4 is 5.46 Å². The van der Waals surface area contributed by atoms with Gasteiger partial charge in [0.1, 0.15) is 5.82 Å². The maximum Gasteiger partial charge on any atom is 0.499 e. The molecule has 1 aromatic rings.